The van der Waals surface area contributed by atoms with Crippen molar-refractivity contribution >= 4 is 40.7 Å². The molecule has 1 aliphatic heterocycles. The minimum atomic E-state index is -0.569. The van der Waals surface area contributed by atoms with E-state index in [2.05, 4.69) is 10.6 Å². The highest BCUT2D eigenvalue weighted by Gasteiger charge is 2.39. The summed E-state index contributed by atoms with van der Waals surface area (Å²) < 4.78 is 0. The van der Waals surface area contributed by atoms with Crippen LogP contribution >= 0.6 is 11.6 Å². The fraction of sp³-hybridized carbons (Fsp3) is 0.346. The van der Waals surface area contributed by atoms with Gasteiger partial charge in [0, 0.05) is 17.3 Å². The maximum absolute atomic E-state index is 13.1. The van der Waals surface area contributed by atoms with Crippen molar-refractivity contribution in [1.82, 2.24) is 5.32 Å². The van der Waals surface area contributed by atoms with Crippen LogP contribution in [0.15, 0.2) is 53.2 Å². The topological polar surface area (TPSA) is 78.5 Å². The molecule has 0 spiro atoms. The van der Waals surface area contributed by atoms with Gasteiger partial charge in [-0.15, -0.1) is 0 Å². The molecule has 2 aromatic carbocycles. The Morgan fingerprint density at radius 2 is 1.67 bits per heavy atom. The average Bonchev–Trinajstić information content (AvgIpc) is 2.99. The van der Waals surface area contributed by atoms with Crippen molar-refractivity contribution in [2.24, 2.45) is 0 Å². The standard InChI is InChI=1S/C26H28ClN3O3/c1-16-9-7-14-21(17(16)2)30-25(32)22(27)23(26(30)33)28-20-13-8-10-18(15-20)24(31)29-19-11-5-3-4-6-12-19/h7-10,13-15,19,28H,3-6,11-12H2,1-2H3,(H,29,31). The largest absolute Gasteiger partial charge is 0.350 e. The molecule has 1 fully saturated rings. The summed E-state index contributed by atoms with van der Waals surface area (Å²) >= 11 is 6.28. The van der Waals surface area contributed by atoms with Crippen molar-refractivity contribution in [2.75, 3.05) is 10.2 Å². The average molecular weight is 466 g/mol. The van der Waals surface area contributed by atoms with E-state index in [-0.39, 0.29) is 22.7 Å². The molecule has 0 saturated heterocycles. The van der Waals surface area contributed by atoms with Crippen LogP contribution < -0.4 is 15.5 Å². The Kier molecular flexibility index (Phi) is 6.84. The predicted octanol–water partition coefficient (Wildman–Crippen LogP) is 5.19. The zero-order chi connectivity index (χ0) is 23.5. The van der Waals surface area contributed by atoms with Gasteiger partial charge < -0.3 is 10.6 Å². The first-order chi connectivity index (χ1) is 15.9. The molecule has 0 radical (unpaired) electrons. The number of nitrogens with zero attached hydrogens (tertiary/aromatic N) is 1. The van der Waals surface area contributed by atoms with E-state index in [0.29, 0.717) is 16.9 Å². The number of benzene rings is 2. The first-order valence-corrected chi connectivity index (χ1v) is 11.8. The second-order valence-electron chi connectivity index (χ2n) is 8.72. The number of hydrogen-bond acceptors (Lipinski definition) is 4. The van der Waals surface area contributed by atoms with Crippen LogP contribution in [0, 0.1) is 13.8 Å². The summed E-state index contributed by atoms with van der Waals surface area (Å²) in [5.74, 6) is -1.23. The lowest BCUT2D eigenvalue weighted by Gasteiger charge is -2.19. The molecule has 1 aliphatic carbocycles. The molecule has 0 atom stereocenters. The molecule has 7 heteroatoms. The van der Waals surface area contributed by atoms with Gasteiger partial charge in [0.15, 0.2) is 0 Å². The molecule has 2 aromatic rings. The van der Waals surface area contributed by atoms with Gasteiger partial charge in [0.2, 0.25) is 0 Å². The molecule has 3 amide bonds. The maximum atomic E-state index is 13.1. The Hall–Kier alpha value is -3.12. The van der Waals surface area contributed by atoms with Crippen LogP contribution in [0.25, 0.3) is 0 Å². The van der Waals surface area contributed by atoms with Crippen molar-refractivity contribution in [3.8, 4) is 0 Å². The van der Waals surface area contributed by atoms with Crippen LogP contribution in [0.5, 0.6) is 0 Å². The molecule has 0 unspecified atom stereocenters. The highest BCUT2D eigenvalue weighted by molar-refractivity contribution is 6.53. The summed E-state index contributed by atoms with van der Waals surface area (Å²) in [6.07, 6.45) is 6.69. The molecular weight excluding hydrogens is 438 g/mol. The summed E-state index contributed by atoms with van der Waals surface area (Å²) in [5, 5.41) is 5.92. The second kappa shape index (κ2) is 9.79. The van der Waals surface area contributed by atoms with E-state index in [0.717, 1.165) is 41.7 Å². The summed E-state index contributed by atoms with van der Waals surface area (Å²) in [4.78, 5) is 39.8. The van der Waals surface area contributed by atoms with E-state index in [1.54, 1.807) is 36.4 Å². The molecule has 2 N–H and O–H groups in total. The van der Waals surface area contributed by atoms with Gasteiger partial charge in [-0.2, -0.15) is 0 Å². The van der Waals surface area contributed by atoms with Crippen LogP contribution in [-0.4, -0.2) is 23.8 Å². The van der Waals surface area contributed by atoms with E-state index in [9.17, 15) is 14.4 Å². The smallest absolute Gasteiger partial charge is 0.283 e. The summed E-state index contributed by atoms with van der Waals surface area (Å²) in [6.45, 7) is 3.78. The Bertz CT molecular complexity index is 1130. The molecule has 1 saturated carbocycles. The third-order valence-electron chi connectivity index (χ3n) is 6.43. The normalized spacial score (nSPS) is 17.4. The minimum absolute atomic E-state index is 0.00361. The summed E-state index contributed by atoms with van der Waals surface area (Å²) in [5.41, 5.74) is 3.32. The van der Waals surface area contributed by atoms with Gasteiger partial charge in [0.05, 0.1) is 5.69 Å². The SMILES string of the molecule is Cc1cccc(N2C(=O)C(Cl)=C(Nc3cccc(C(=O)NC4CCCCCC4)c3)C2=O)c1C. The zero-order valence-electron chi connectivity index (χ0n) is 18.9. The van der Waals surface area contributed by atoms with E-state index in [4.69, 9.17) is 11.6 Å². The van der Waals surface area contributed by atoms with Gasteiger partial charge in [0.25, 0.3) is 17.7 Å². The first kappa shape index (κ1) is 23.1. The highest BCUT2D eigenvalue weighted by Crippen LogP contribution is 2.33. The molecule has 0 bridgehead atoms. The number of rotatable bonds is 5. The molecule has 172 valence electrons. The zero-order valence-corrected chi connectivity index (χ0v) is 19.7. The van der Waals surface area contributed by atoms with Crippen LogP contribution in [0.3, 0.4) is 0 Å². The predicted molar refractivity (Wildman–Crippen MR) is 130 cm³/mol. The Morgan fingerprint density at radius 1 is 0.970 bits per heavy atom. The second-order valence-corrected chi connectivity index (χ2v) is 9.10. The van der Waals surface area contributed by atoms with Gasteiger partial charge in [-0.3, -0.25) is 14.4 Å². The summed E-state index contributed by atoms with van der Waals surface area (Å²) in [6, 6.07) is 12.5. The number of carbonyl (C=O) groups is 3. The fourth-order valence-electron chi connectivity index (χ4n) is 4.38. The number of carbonyl (C=O) groups excluding carboxylic acids is 3. The maximum Gasteiger partial charge on any atom is 0.283 e. The van der Waals surface area contributed by atoms with Gasteiger partial charge in [0.1, 0.15) is 10.7 Å². The number of anilines is 2. The van der Waals surface area contributed by atoms with Crippen LogP contribution in [0.2, 0.25) is 0 Å². The monoisotopic (exact) mass is 465 g/mol. The Balaban J connectivity index is 1.52. The van der Waals surface area contributed by atoms with Crippen LogP contribution in [0.4, 0.5) is 11.4 Å². The summed E-state index contributed by atoms with van der Waals surface area (Å²) in [7, 11) is 0. The van der Waals surface area contributed by atoms with Crippen molar-refractivity contribution in [3.63, 3.8) is 0 Å². The molecule has 6 nitrogen and oxygen atoms in total. The van der Waals surface area contributed by atoms with Crippen molar-refractivity contribution < 1.29 is 14.4 Å². The highest BCUT2D eigenvalue weighted by atomic mass is 35.5. The van der Waals surface area contributed by atoms with E-state index in [1.807, 2.05) is 19.9 Å². The lowest BCUT2D eigenvalue weighted by atomic mass is 10.1. The van der Waals surface area contributed by atoms with E-state index < -0.39 is 11.8 Å². The molecule has 0 aromatic heterocycles. The Morgan fingerprint density at radius 3 is 2.39 bits per heavy atom. The van der Waals surface area contributed by atoms with Gasteiger partial charge in [-0.1, -0.05) is 55.5 Å². The van der Waals surface area contributed by atoms with Crippen LogP contribution in [-0.2, 0) is 9.59 Å². The number of halogens is 1. The first-order valence-electron chi connectivity index (χ1n) is 11.4. The number of amides is 3. The van der Waals surface area contributed by atoms with Crippen LogP contribution in [0.1, 0.15) is 60.0 Å². The number of imide groups is 1. The fourth-order valence-corrected chi connectivity index (χ4v) is 4.60. The number of nitrogens with one attached hydrogen (secondary N) is 2. The number of hydrogen-bond donors (Lipinski definition) is 2. The third-order valence-corrected chi connectivity index (χ3v) is 6.78. The lowest BCUT2D eigenvalue weighted by molar-refractivity contribution is -0.120. The van der Waals surface area contributed by atoms with Gasteiger partial charge in [-0.25, -0.2) is 4.90 Å². The van der Waals surface area contributed by atoms with Crippen molar-refractivity contribution in [3.05, 3.63) is 69.9 Å². The van der Waals surface area contributed by atoms with Crippen molar-refractivity contribution in [1.29, 1.82) is 0 Å². The molecule has 2 aliphatic rings. The number of aryl methyl sites for hydroxylation is 1. The van der Waals surface area contributed by atoms with Gasteiger partial charge >= 0.3 is 0 Å². The molecule has 4 rings (SSSR count). The minimum Gasteiger partial charge on any atom is -0.350 e. The van der Waals surface area contributed by atoms with Gasteiger partial charge in [-0.05, 0) is 62.1 Å². The van der Waals surface area contributed by atoms with Crippen molar-refractivity contribution in [2.45, 2.75) is 58.4 Å². The molecule has 1 heterocycles. The lowest BCUT2D eigenvalue weighted by Crippen LogP contribution is -2.34. The molecule has 33 heavy (non-hydrogen) atoms. The Labute approximate surface area is 199 Å². The van der Waals surface area contributed by atoms with E-state index in [1.165, 1.54) is 12.8 Å². The third kappa shape index (κ3) is 4.81. The van der Waals surface area contributed by atoms with E-state index >= 15 is 0 Å². The quantitative estimate of drug-likeness (QED) is 0.470. The molecular formula is C26H28ClN3O3.